The minimum Gasteiger partial charge on any atom is -0.378 e. The quantitative estimate of drug-likeness (QED) is 0.928. The maximum absolute atomic E-state index is 13.5. The van der Waals surface area contributed by atoms with Crippen LogP contribution in [0.1, 0.15) is 32.4 Å². The van der Waals surface area contributed by atoms with Gasteiger partial charge in [-0.15, -0.1) is 0 Å². The number of morpholine rings is 1. The molecule has 22 heavy (non-hydrogen) atoms. The molecule has 0 radical (unpaired) electrons. The molecule has 122 valence electrons. The summed E-state index contributed by atoms with van der Waals surface area (Å²) >= 11 is 0. The number of nitrogens with zero attached hydrogens (tertiary/aromatic N) is 1. The Labute approximate surface area is 131 Å². The average Bonchev–Trinajstić information content (AvgIpc) is 2.47. The van der Waals surface area contributed by atoms with Crippen molar-refractivity contribution in [3.8, 4) is 0 Å². The predicted octanol–water partition coefficient (Wildman–Crippen LogP) is 2.36. The molecular formula is C17H25FN2O2. The summed E-state index contributed by atoms with van der Waals surface area (Å²) in [6.45, 7) is 8.95. The number of benzene rings is 1. The summed E-state index contributed by atoms with van der Waals surface area (Å²) < 4.78 is 18.7. The van der Waals surface area contributed by atoms with Crippen molar-refractivity contribution in [3.63, 3.8) is 0 Å². The van der Waals surface area contributed by atoms with Crippen LogP contribution in [0.5, 0.6) is 0 Å². The Balaban J connectivity index is 2.03. The third kappa shape index (κ3) is 4.52. The number of rotatable bonds is 4. The third-order valence-electron chi connectivity index (χ3n) is 3.87. The summed E-state index contributed by atoms with van der Waals surface area (Å²) in [6, 6.07) is 6.47. The van der Waals surface area contributed by atoms with Crippen LogP contribution in [0.25, 0.3) is 0 Å². The van der Waals surface area contributed by atoms with E-state index >= 15 is 0 Å². The summed E-state index contributed by atoms with van der Waals surface area (Å²) in [6.07, 6.45) is 0. The van der Waals surface area contributed by atoms with E-state index in [2.05, 4.69) is 26.1 Å². The number of hydrogen-bond donors (Lipinski definition) is 1. The smallest absolute Gasteiger partial charge is 0.236 e. The summed E-state index contributed by atoms with van der Waals surface area (Å²) in [5.41, 5.74) is 0.737. The fraction of sp³-hybridized carbons (Fsp3) is 0.588. The highest BCUT2D eigenvalue weighted by Gasteiger charge is 2.27. The van der Waals surface area contributed by atoms with Crippen LogP contribution < -0.4 is 5.32 Å². The number of halogens is 1. The van der Waals surface area contributed by atoms with Gasteiger partial charge in [0.05, 0.1) is 19.8 Å². The van der Waals surface area contributed by atoms with E-state index in [9.17, 15) is 9.18 Å². The molecule has 2 rings (SSSR count). The summed E-state index contributed by atoms with van der Waals surface area (Å²) in [7, 11) is 0. The van der Waals surface area contributed by atoms with Gasteiger partial charge < -0.3 is 15.0 Å². The molecule has 1 aliphatic rings. The molecule has 0 bridgehead atoms. The molecule has 1 heterocycles. The van der Waals surface area contributed by atoms with Crippen molar-refractivity contribution in [1.29, 1.82) is 0 Å². The molecule has 1 saturated heterocycles. The average molecular weight is 308 g/mol. The summed E-state index contributed by atoms with van der Waals surface area (Å²) in [5, 5.41) is 3.30. The molecule has 4 nitrogen and oxygen atoms in total. The van der Waals surface area contributed by atoms with Gasteiger partial charge in [0.25, 0.3) is 0 Å². The molecule has 0 aliphatic carbocycles. The first kappa shape index (κ1) is 16.9. The van der Waals surface area contributed by atoms with E-state index in [4.69, 9.17) is 4.74 Å². The molecular weight excluding hydrogens is 283 g/mol. The lowest BCUT2D eigenvalue weighted by atomic mass is 9.82. The normalized spacial score (nSPS) is 17.4. The second-order valence-corrected chi connectivity index (χ2v) is 6.73. The van der Waals surface area contributed by atoms with Gasteiger partial charge in [-0.2, -0.15) is 0 Å². The highest BCUT2D eigenvalue weighted by Crippen LogP contribution is 2.32. The molecule has 1 N–H and O–H groups in total. The van der Waals surface area contributed by atoms with E-state index in [1.165, 1.54) is 12.1 Å². The van der Waals surface area contributed by atoms with Crippen LogP contribution >= 0.6 is 0 Å². The lowest BCUT2D eigenvalue weighted by molar-refractivity contribution is -0.134. The number of hydrogen-bond acceptors (Lipinski definition) is 3. The number of carbonyl (C=O) groups excluding carboxylic acids is 1. The molecule has 1 fully saturated rings. The van der Waals surface area contributed by atoms with Crippen LogP contribution in [0, 0.1) is 11.2 Å². The molecule has 1 atom stereocenters. The van der Waals surface area contributed by atoms with Crippen molar-refractivity contribution >= 4 is 5.91 Å². The zero-order valence-corrected chi connectivity index (χ0v) is 13.6. The Kier molecular flexibility index (Phi) is 5.53. The van der Waals surface area contributed by atoms with Crippen molar-refractivity contribution in [1.82, 2.24) is 10.2 Å². The molecule has 1 amide bonds. The first-order chi connectivity index (χ1) is 10.4. The Morgan fingerprint density at radius 3 is 2.64 bits per heavy atom. The number of amides is 1. The molecule has 5 heteroatoms. The Morgan fingerprint density at radius 2 is 2.05 bits per heavy atom. The largest absolute Gasteiger partial charge is 0.378 e. The minimum atomic E-state index is -0.256. The van der Waals surface area contributed by atoms with Crippen LogP contribution in [-0.2, 0) is 9.53 Å². The van der Waals surface area contributed by atoms with Crippen LogP contribution in [0.2, 0.25) is 0 Å². The van der Waals surface area contributed by atoms with Gasteiger partial charge in [0.15, 0.2) is 0 Å². The Bertz CT molecular complexity index is 508. The standard InChI is InChI=1S/C17H25FN2O2/c1-17(2,3)16(13-5-4-6-14(18)11-13)19-12-15(21)20-7-9-22-10-8-20/h4-6,11,16,19H,7-10,12H2,1-3H3. The lowest BCUT2D eigenvalue weighted by Gasteiger charge is -2.33. The molecule has 0 spiro atoms. The zero-order valence-electron chi connectivity index (χ0n) is 13.6. The van der Waals surface area contributed by atoms with Gasteiger partial charge in [0.2, 0.25) is 5.91 Å². The van der Waals surface area contributed by atoms with Gasteiger partial charge in [-0.3, -0.25) is 4.79 Å². The maximum Gasteiger partial charge on any atom is 0.236 e. The topological polar surface area (TPSA) is 41.6 Å². The lowest BCUT2D eigenvalue weighted by Crippen LogP contribution is -2.46. The van der Waals surface area contributed by atoms with Crippen molar-refractivity contribution in [2.45, 2.75) is 26.8 Å². The summed E-state index contributed by atoms with van der Waals surface area (Å²) in [4.78, 5) is 14.1. The molecule has 0 saturated carbocycles. The highest BCUT2D eigenvalue weighted by atomic mass is 19.1. The number of ether oxygens (including phenoxy) is 1. The van der Waals surface area contributed by atoms with Crippen molar-refractivity contribution in [2.24, 2.45) is 5.41 Å². The maximum atomic E-state index is 13.5. The van der Waals surface area contributed by atoms with Gasteiger partial charge in [-0.25, -0.2) is 4.39 Å². The fourth-order valence-electron chi connectivity index (χ4n) is 2.72. The van der Waals surface area contributed by atoms with Crippen LogP contribution in [-0.4, -0.2) is 43.7 Å². The van der Waals surface area contributed by atoms with Gasteiger partial charge in [0, 0.05) is 19.1 Å². The van der Waals surface area contributed by atoms with E-state index in [1.54, 1.807) is 6.07 Å². The second kappa shape index (κ2) is 7.20. The van der Waals surface area contributed by atoms with Crippen LogP contribution in [0.15, 0.2) is 24.3 Å². The van der Waals surface area contributed by atoms with E-state index in [-0.39, 0.29) is 29.7 Å². The van der Waals surface area contributed by atoms with Crippen LogP contribution in [0.3, 0.4) is 0 Å². The van der Waals surface area contributed by atoms with E-state index in [0.29, 0.717) is 26.3 Å². The third-order valence-corrected chi connectivity index (χ3v) is 3.87. The first-order valence-electron chi connectivity index (χ1n) is 7.72. The second-order valence-electron chi connectivity index (χ2n) is 6.73. The zero-order chi connectivity index (χ0) is 16.2. The van der Waals surface area contributed by atoms with Gasteiger partial charge in [0.1, 0.15) is 5.82 Å². The van der Waals surface area contributed by atoms with Crippen molar-refractivity contribution in [3.05, 3.63) is 35.6 Å². The fourth-order valence-corrected chi connectivity index (χ4v) is 2.72. The SMILES string of the molecule is CC(C)(C)C(NCC(=O)N1CCOCC1)c1cccc(F)c1. The Hall–Kier alpha value is -1.46. The summed E-state index contributed by atoms with van der Waals surface area (Å²) in [5.74, 6) is -0.193. The van der Waals surface area contributed by atoms with Gasteiger partial charge in [-0.05, 0) is 23.1 Å². The monoisotopic (exact) mass is 308 g/mol. The van der Waals surface area contributed by atoms with E-state index < -0.39 is 0 Å². The van der Waals surface area contributed by atoms with E-state index in [1.807, 2.05) is 11.0 Å². The van der Waals surface area contributed by atoms with Crippen LogP contribution in [0.4, 0.5) is 4.39 Å². The molecule has 1 aliphatic heterocycles. The van der Waals surface area contributed by atoms with Crippen molar-refractivity contribution < 1.29 is 13.9 Å². The molecule has 1 unspecified atom stereocenters. The van der Waals surface area contributed by atoms with Gasteiger partial charge in [-0.1, -0.05) is 32.9 Å². The molecule has 0 aromatic heterocycles. The van der Waals surface area contributed by atoms with E-state index in [0.717, 1.165) is 5.56 Å². The Morgan fingerprint density at radius 1 is 1.36 bits per heavy atom. The molecule has 1 aromatic carbocycles. The predicted molar refractivity (Wildman–Crippen MR) is 84.0 cm³/mol. The minimum absolute atomic E-state index is 0.0638. The van der Waals surface area contributed by atoms with Gasteiger partial charge >= 0.3 is 0 Å². The highest BCUT2D eigenvalue weighted by molar-refractivity contribution is 5.78. The number of carbonyl (C=O) groups is 1. The number of nitrogens with one attached hydrogen (secondary N) is 1. The molecule has 1 aromatic rings. The first-order valence-corrected chi connectivity index (χ1v) is 7.72. The van der Waals surface area contributed by atoms with Crippen molar-refractivity contribution in [2.75, 3.05) is 32.8 Å².